The third-order valence-electron chi connectivity index (χ3n) is 6.21. The van der Waals surface area contributed by atoms with Gasteiger partial charge in [-0.25, -0.2) is 4.98 Å². The number of hydrogen-bond acceptors (Lipinski definition) is 4. The molecule has 1 spiro atoms. The molecule has 1 amide bonds. The van der Waals surface area contributed by atoms with E-state index in [4.69, 9.17) is 11.6 Å². The van der Waals surface area contributed by atoms with Crippen LogP contribution in [0.3, 0.4) is 0 Å². The van der Waals surface area contributed by atoms with Crippen molar-refractivity contribution in [1.29, 1.82) is 0 Å². The number of piperidine rings is 1. The van der Waals surface area contributed by atoms with Crippen molar-refractivity contribution in [2.24, 2.45) is 5.41 Å². The van der Waals surface area contributed by atoms with Gasteiger partial charge in [-0.05, 0) is 51.0 Å². The molecule has 1 saturated carbocycles. The maximum Gasteiger partial charge on any atom is 0.230 e. The highest BCUT2D eigenvalue weighted by Crippen LogP contribution is 2.43. The molecule has 3 fully saturated rings. The Bertz CT molecular complexity index is 647. The molecule has 0 unspecified atom stereocenters. The van der Waals surface area contributed by atoms with E-state index in [9.17, 15) is 9.90 Å². The molecule has 1 radical (unpaired) electrons. The Balaban J connectivity index is 1.50. The minimum atomic E-state index is -0.293. The van der Waals surface area contributed by atoms with Crippen LogP contribution in [0.15, 0.2) is 12.3 Å². The molecular formula is C19H25ClN3O2. The number of rotatable bonds is 2. The monoisotopic (exact) mass is 362 g/mol. The van der Waals surface area contributed by atoms with Crippen molar-refractivity contribution < 1.29 is 9.90 Å². The summed E-state index contributed by atoms with van der Waals surface area (Å²) in [6, 6.07) is 4.94. The molecule has 1 atom stereocenters. The third kappa shape index (κ3) is 3.13. The van der Waals surface area contributed by atoms with E-state index in [1.165, 1.54) is 0 Å². The number of carbonyl (C=O) groups excluding carboxylic acids is 1. The maximum atomic E-state index is 13.3. The van der Waals surface area contributed by atoms with Gasteiger partial charge in [0.25, 0.3) is 0 Å². The number of nitrogens with zero attached hydrogens (tertiary/aromatic N) is 3. The predicted octanol–water partition coefficient (Wildman–Crippen LogP) is 2.66. The number of anilines is 1. The van der Waals surface area contributed by atoms with Gasteiger partial charge in [-0.2, -0.15) is 0 Å². The summed E-state index contributed by atoms with van der Waals surface area (Å²) in [7, 11) is 0. The van der Waals surface area contributed by atoms with Gasteiger partial charge in [-0.15, -0.1) is 0 Å². The van der Waals surface area contributed by atoms with Crippen LogP contribution >= 0.6 is 11.6 Å². The van der Waals surface area contributed by atoms with Crippen LogP contribution < -0.4 is 4.90 Å². The Kier molecular flexibility index (Phi) is 4.63. The van der Waals surface area contributed by atoms with E-state index in [1.807, 2.05) is 0 Å². The number of amides is 1. The summed E-state index contributed by atoms with van der Waals surface area (Å²) in [5, 5.41) is 10.3. The molecule has 1 aromatic rings. The van der Waals surface area contributed by atoms with Crippen molar-refractivity contribution in [2.75, 3.05) is 24.5 Å². The Morgan fingerprint density at radius 1 is 1.24 bits per heavy atom. The molecule has 0 aromatic carbocycles. The third-order valence-corrected chi connectivity index (χ3v) is 6.49. The smallest absolute Gasteiger partial charge is 0.230 e. The second kappa shape index (κ2) is 6.76. The number of aliphatic hydroxyl groups excluding tert-OH is 1. The van der Waals surface area contributed by atoms with Crippen LogP contribution in [0.5, 0.6) is 0 Å². The molecule has 1 aliphatic carbocycles. The van der Waals surface area contributed by atoms with E-state index < -0.39 is 0 Å². The fourth-order valence-electron chi connectivity index (χ4n) is 4.82. The zero-order valence-electron chi connectivity index (χ0n) is 14.5. The molecule has 4 rings (SSSR count). The zero-order chi connectivity index (χ0) is 17.4. The molecule has 3 heterocycles. The minimum absolute atomic E-state index is 0.184. The standard InChI is InChI=1S/C19H25ClN3O2/c20-16-3-1-10-21-17(16)22-11-2-8-19(13-22)9-12-23(18(19)25)14-4-6-15(24)7-5-14/h3,10,14-15,24H,2,4-9,11-13H2/t14-,15+,19-/m1/s1. The lowest BCUT2D eigenvalue weighted by molar-refractivity contribution is -0.139. The molecular weight excluding hydrogens is 338 g/mol. The largest absolute Gasteiger partial charge is 0.393 e. The first kappa shape index (κ1) is 17.1. The highest BCUT2D eigenvalue weighted by atomic mass is 35.5. The number of pyridine rings is 1. The quantitative estimate of drug-likeness (QED) is 0.878. The van der Waals surface area contributed by atoms with Gasteiger partial charge in [0.05, 0.1) is 16.5 Å². The average molecular weight is 363 g/mol. The Hall–Kier alpha value is -1.33. The van der Waals surface area contributed by atoms with Crippen LogP contribution in [-0.4, -0.2) is 52.7 Å². The first-order valence-corrected chi connectivity index (χ1v) is 9.72. The number of likely N-dealkylation sites (tertiary alicyclic amines) is 1. The Morgan fingerprint density at radius 3 is 2.80 bits per heavy atom. The van der Waals surface area contributed by atoms with E-state index in [2.05, 4.69) is 20.9 Å². The number of aromatic nitrogens is 1. The molecule has 3 aliphatic rings. The van der Waals surface area contributed by atoms with Gasteiger partial charge in [0.1, 0.15) is 5.82 Å². The SMILES string of the molecule is O=C1N([C@H]2CC[C@@H](O)CC2)CC[C@@]12CCCN(c1nc[c]cc1Cl)C2. The van der Waals surface area contributed by atoms with Crippen LogP contribution in [0, 0.1) is 11.5 Å². The highest BCUT2D eigenvalue weighted by molar-refractivity contribution is 6.32. The lowest BCUT2D eigenvalue weighted by Crippen LogP contribution is -2.50. The summed E-state index contributed by atoms with van der Waals surface area (Å²) in [6.45, 7) is 2.44. The Labute approximate surface area is 154 Å². The molecule has 5 nitrogen and oxygen atoms in total. The van der Waals surface area contributed by atoms with Crippen molar-refractivity contribution in [1.82, 2.24) is 9.88 Å². The summed E-state index contributed by atoms with van der Waals surface area (Å²) in [5.41, 5.74) is -0.293. The summed E-state index contributed by atoms with van der Waals surface area (Å²) < 4.78 is 0. The second-order valence-corrected chi connectivity index (χ2v) is 8.16. The second-order valence-electron chi connectivity index (χ2n) is 7.76. The fourth-order valence-corrected chi connectivity index (χ4v) is 5.06. The van der Waals surface area contributed by atoms with Gasteiger partial charge in [0.15, 0.2) is 0 Å². The van der Waals surface area contributed by atoms with Crippen molar-refractivity contribution in [3.8, 4) is 0 Å². The van der Waals surface area contributed by atoms with Crippen molar-refractivity contribution >= 4 is 23.3 Å². The van der Waals surface area contributed by atoms with Crippen LogP contribution in [0.2, 0.25) is 5.02 Å². The number of aliphatic hydroxyl groups is 1. The predicted molar refractivity (Wildman–Crippen MR) is 96.6 cm³/mol. The fraction of sp³-hybridized carbons (Fsp3) is 0.684. The molecule has 0 bridgehead atoms. The van der Waals surface area contributed by atoms with Crippen LogP contribution in [0.1, 0.15) is 44.9 Å². The summed E-state index contributed by atoms with van der Waals surface area (Å²) >= 11 is 6.30. The highest BCUT2D eigenvalue weighted by Gasteiger charge is 2.50. The van der Waals surface area contributed by atoms with E-state index in [1.54, 1.807) is 12.3 Å². The minimum Gasteiger partial charge on any atom is -0.393 e. The summed E-state index contributed by atoms with van der Waals surface area (Å²) in [6.07, 6.45) is 7.78. The van der Waals surface area contributed by atoms with Crippen molar-refractivity contribution in [2.45, 2.75) is 57.1 Å². The molecule has 2 aliphatic heterocycles. The molecule has 6 heteroatoms. The summed E-state index contributed by atoms with van der Waals surface area (Å²) in [5.74, 6) is 1.07. The van der Waals surface area contributed by atoms with Crippen LogP contribution in [0.25, 0.3) is 0 Å². The van der Waals surface area contributed by atoms with Crippen LogP contribution in [-0.2, 0) is 4.79 Å². The van der Waals surface area contributed by atoms with Crippen molar-refractivity contribution in [3.05, 3.63) is 23.4 Å². The van der Waals surface area contributed by atoms with E-state index >= 15 is 0 Å². The maximum absolute atomic E-state index is 13.3. The van der Waals surface area contributed by atoms with Gasteiger partial charge in [0, 0.05) is 37.9 Å². The number of hydrogen-bond donors (Lipinski definition) is 1. The lowest BCUT2D eigenvalue weighted by atomic mass is 9.78. The molecule has 25 heavy (non-hydrogen) atoms. The van der Waals surface area contributed by atoms with E-state index in [-0.39, 0.29) is 11.5 Å². The number of halogens is 1. The Morgan fingerprint density at radius 2 is 2.04 bits per heavy atom. The molecule has 1 N–H and O–H groups in total. The van der Waals surface area contributed by atoms with Gasteiger partial charge in [0.2, 0.25) is 5.91 Å². The topological polar surface area (TPSA) is 56.7 Å². The van der Waals surface area contributed by atoms with Gasteiger partial charge < -0.3 is 14.9 Å². The van der Waals surface area contributed by atoms with E-state index in [0.717, 1.165) is 63.9 Å². The lowest BCUT2D eigenvalue weighted by Gasteiger charge is -2.41. The number of carbonyl (C=O) groups is 1. The first-order chi connectivity index (χ1) is 12.1. The molecule has 1 aromatic heterocycles. The first-order valence-electron chi connectivity index (χ1n) is 9.35. The van der Waals surface area contributed by atoms with E-state index in [0.29, 0.717) is 23.5 Å². The van der Waals surface area contributed by atoms with Gasteiger partial charge >= 0.3 is 0 Å². The van der Waals surface area contributed by atoms with Gasteiger partial charge in [-0.1, -0.05) is 11.6 Å². The normalized spacial score (nSPS) is 33.3. The average Bonchev–Trinajstić information content (AvgIpc) is 2.92. The van der Waals surface area contributed by atoms with Crippen molar-refractivity contribution in [3.63, 3.8) is 0 Å². The van der Waals surface area contributed by atoms with Crippen LogP contribution in [0.4, 0.5) is 5.82 Å². The molecule has 2 saturated heterocycles. The zero-order valence-corrected chi connectivity index (χ0v) is 15.2. The molecule has 135 valence electrons. The summed E-state index contributed by atoms with van der Waals surface area (Å²) in [4.78, 5) is 22.0. The van der Waals surface area contributed by atoms with Gasteiger partial charge in [-0.3, -0.25) is 4.79 Å².